The SMILES string of the molecule is O=C(Cn1ncn(-n2cccc2)c1=S)Nc1nccs1. The number of carbonyl (C=O) groups excluding carboxylic acids is 1. The summed E-state index contributed by atoms with van der Waals surface area (Å²) in [5.74, 6) is -0.214. The van der Waals surface area contributed by atoms with Crippen LogP contribution in [0.1, 0.15) is 0 Å². The molecule has 0 saturated heterocycles. The van der Waals surface area contributed by atoms with E-state index in [1.54, 1.807) is 27.3 Å². The first-order valence-corrected chi connectivity index (χ1v) is 7.00. The predicted octanol–water partition coefficient (Wildman–Crippen LogP) is 1.62. The minimum atomic E-state index is -0.214. The van der Waals surface area contributed by atoms with Crippen LogP contribution in [0.4, 0.5) is 5.13 Å². The van der Waals surface area contributed by atoms with Crippen molar-refractivity contribution < 1.29 is 4.79 Å². The number of aromatic nitrogens is 5. The van der Waals surface area contributed by atoms with Gasteiger partial charge in [-0.1, -0.05) is 0 Å². The average Bonchev–Trinajstić information content (AvgIpc) is 3.13. The van der Waals surface area contributed by atoms with Crippen molar-refractivity contribution in [1.29, 1.82) is 0 Å². The van der Waals surface area contributed by atoms with E-state index in [2.05, 4.69) is 15.4 Å². The van der Waals surface area contributed by atoms with Gasteiger partial charge in [-0.3, -0.25) is 9.47 Å². The maximum Gasteiger partial charge on any atom is 0.248 e. The minimum Gasteiger partial charge on any atom is -0.300 e. The molecule has 0 bridgehead atoms. The van der Waals surface area contributed by atoms with Gasteiger partial charge >= 0.3 is 0 Å². The number of anilines is 1. The van der Waals surface area contributed by atoms with E-state index in [4.69, 9.17) is 12.2 Å². The molecule has 0 aliphatic heterocycles. The molecular weight excluding hydrogens is 296 g/mol. The van der Waals surface area contributed by atoms with Gasteiger partial charge in [0.05, 0.1) is 0 Å². The summed E-state index contributed by atoms with van der Waals surface area (Å²) < 4.78 is 5.35. The molecule has 1 amide bonds. The van der Waals surface area contributed by atoms with E-state index in [-0.39, 0.29) is 12.5 Å². The van der Waals surface area contributed by atoms with Crippen LogP contribution < -0.4 is 5.32 Å². The van der Waals surface area contributed by atoms with Crippen LogP contribution in [0.5, 0.6) is 0 Å². The smallest absolute Gasteiger partial charge is 0.248 e. The molecular formula is C11H10N6OS2. The largest absolute Gasteiger partial charge is 0.300 e. The van der Waals surface area contributed by atoms with Crippen LogP contribution in [-0.4, -0.2) is 30.0 Å². The number of nitrogens with one attached hydrogen (secondary N) is 1. The summed E-state index contributed by atoms with van der Waals surface area (Å²) in [4.78, 5) is 15.8. The van der Waals surface area contributed by atoms with Gasteiger partial charge in [-0.15, -0.1) is 11.3 Å². The van der Waals surface area contributed by atoms with Crippen molar-refractivity contribution in [3.05, 3.63) is 47.2 Å². The second-order valence-electron chi connectivity index (χ2n) is 3.86. The molecule has 1 N–H and O–H groups in total. The molecule has 7 nitrogen and oxygen atoms in total. The van der Waals surface area contributed by atoms with Crippen LogP contribution in [-0.2, 0) is 11.3 Å². The first kappa shape index (κ1) is 12.8. The number of rotatable bonds is 4. The monoisotopic (exact) mass is 306 g/mol. The van der Waals surface area contributed by atoms with Crippen LogP contribution in [0, 0.1) is 4.77 Å². The molecule has 9 heteroatoms. The molecule has 0 saturated carbocycles. The zero-order chi connectivity index (χ0) is 13.9. The summed E-state index contributed by atoms with van der Waals surface area (Å²) in [6.45, 7) is 0.0483. The Morgan fingerprint density at radius 3 is 2.90 bits per heavy atom. The van der Waals surface area contributed by atoms with E-state index in [9.17, 15) is 4.79 Å². The quantitative estimate of drug-likeness (QED) is 0.744. The third-order valence-corrected chi connectivity index (χ3v) is 3.61. The van der Waals surface area contributed by atoms with Crippen molar-refractivity contribution in [3.8, 4) is 0 Å². The molecule has 3 aromatic heterocycles. The van der Waals surface area contributed by atoms with Gasteiger partial charge in [-0.25, -0.2) is 14.3 Å². The Hall–Kier alpha value is -2.26. The van der Waals surface area contributed by atoms with Gasteiger partial charge in [0.25, 0.3) is 0 Å². The summed E-state index contributed by atoms with van der Waals surface area (Å²) in [5, 5.41) is 9.16. The fourth-order valence-electron chi connectivity index (χ4n) is 1.64. The normalized spacial score (nSPS) is 10.6. The summed E-state index contributed by atoms with van der Waals surface area (Å²) >= 11 is 6.65. The fourth-order valence-corrected chi connectivity index (χ4v) is 2.44. The molecule has 20 heavy (non-hydrogen) atoms. The Kier molecular flexibility index (Phi) is 3.44. The van der Waals surface area contributed by atoms with Crippen molar-refractivity contribution in [1.82, 2.24) is 24.1 Å². The van der Waals surface area contributed by atoms with Gasteiger partial charge in [0, 0.05) is 24.0 Å². The Labute approximate surface area is 123 Å². The molecule has 3 heterocycles. The van der Waals surface area contributed by atoms with Crippen molar-refractivity contribution in [2.45, 2.75) is 6.54 Å². The number of nitrogens with zero attached hydrogens (tertiary/aromatic N) is 5. The fraction of sp³-hybridized carbons (Fsp3) is 0.0909. The van der Waals surface area contributed by atoms with Crippen LogP contribution in [0.2, 0.25) is 0 Å². The third kappa shape index (κ3) is 2.53. The van der Waals surface area contributed by atoms with E-state index in [0.717, 1.165) is 0 Å². The highest BCUT2D eigenvalue weighted by Crippen LogP contribution is 2.10. The second kappa shape index (κ2) is 5.39. The Morgan fingerprint density at radius 2 is 2.20 bits per heavy atom. The van der Waals surface area contributed by atoms with Gasteiger partial charge in [-0.2, -0.15) is 5.10 Å². The Morgan fingerprint density at radius 1 is 1.40 bits per heavy atom. The Balaban J connectivity index is 1.75. The van der Waals surface area contributed by atoms with E-state index >= 15 is 0 Å². The van der Waals surface area contributed by atoms with E-state index in [0.29, 0.717) is 9.90 Å². The lowest BCUT2D eigenvalue weighted by Gasteiger charge is -2.03. The molecule has 0 spiro atoms. The van der Waals surface area contributed by atoms with Crippen LogP contribution >= 0.6 is 23.6 Å². The lowest BCUT2D eigenvalue weighted by molar-refractivity contribution is -0.116. The van der Waals surface area contributed by atoms with Crippen molar-refractivity contribution in [2.75, 3.05) is 5.32 Å². The highest BCUT2D eigenvalue weighted by atomic mass is 32.1. The van der Waals surface area contributed by atoms with Gasteiger partial charge < -0.3 is 5.32 Å². The molecule has 0 aromatic carbocycles. The maximum atomic E-state index is 11.9. The summed E-state index contributed by atoms with van der Waals surface area (Å²) in [6, 6.07) is 3.77. The second-order valence-corrected chi connectivity index (χ2v) is 5.12. The van der Waals surface area contributed by atoms with Crippen LogP contribution in [0.15, 0.2) is 42.4 Å². The number of amides is 1. The summed E-state index contributed by atoms with van der Waals surface area (Å²) in [7, 11) is 0. The van der Waals surface area contributed by atoms with Crippen molar-refractivity contribution in [2.24, 2.45) is 0 Å². The highest BCUT2D eigenvalue weighted by molar-refractivity contribution is 7.71. The van der Waals surface area contributed by atoms with Crippen molar-refractivity contribution >= 4 is 34.6 Å². The highest BCUT2D eigenvalue weighted by Gasteiger charge is 2.09. The molecule has 3 rings (SSSR count). The molecule has 102 valence electrons. The first-order valence-electron chi connectivity index (χ1n) is 5.71. The third-order valence-electron chi connectivity index (χ3n) is 2.53. The van der Waals surface area contributed by atoms with E-state index in [1.165, 1.54) is 16.0 Å². The standard InChI is InChI=1S/C11H10N6OS2/c18-9(14-10-12-3-6-20-10)7-16-11(19)17(8-13-16)15-4-1-2-5-15/h1-6,8H,7H2,(H,12,14,18). The summed E-state index contributed by atoms with van der Waals surface area (Å²) in [5.41, 5.74) is 0. The number of hydrogen-bond donors (Lipinski definition) is 1. The molecule has 0 radical (unpaired) electrons. The topological polar surface area (TPSA) is 69.7 Å². The zero-order valence-electron chi connectivity index (χ0n) is 10.2. The molecule has 0 unspecified atom stereocenters. The van der Waals surface area contributed by atoms with Crippen LogP contribution in [0.3, 0.4) is 0 Å². The van der Waals surface area contributed by atoms with Crippen LogP contribution in [0.25, 0.3) is 0 Å². The number of hydrogen-bond acceptors (Lipinski definition) is 5. The molecule has 0 fully saturated rings. The minimum absolute atomic E-state index is 0.0483. The Bertz CT molecular complexity index is 755. The average molecular weight is 306 g/mol. The molecule has 0 aliphatic carbocycles. The van der Waals surface area contributed by atoms with E-state index < -0.39 is 0 Å². The number of thiazole rings is 1. The van der Waals surface area contributed by atoms with Gasteiger partial charge in [0.1, 0.15) is 12.9 Å². The van der Waals surface area contributed by atoms with Crippen molar-refractivity contribution in [3.63, 3.8) is 0 Å². The predicted molar refractivity (Wildman–Crippen MR) is 77.0 cm³/mol. The van der Waals surface area contributed by atoms with Gasteiger partial charge in [-0.05, 0) is 24.4 Å². The molecule has 0 aliphatic rings. The molecule has 0 atom stereocenters. The lowest BCUT2D eigenvalue weighted by Crippen LogP contribution is -2.20. The lowest BCUT2D eigenvalue weighted by atomic mass is 10.6. The maximum absolute atomic E-state index is 11.9. The summed E-state index contributed by atoms with van der Waals surface area (Å²) in [6.07, 6.45) is 6.89. The zero-order valence-corrected chi connectivity index (χ0v) is 11.8. The van der Waals surface area contributed by atoms with Gasteiger partial charge in [0.15, 0.2) is 5.13 Å². The molecule has 3 aromatic rings. The first-order chi connectivity index (χ1) is 9.74. The van der Waals surface area contributed by atoms with E-state index in [1.807, 2.05) is 24.5 Å². The number of carbonyl (C=O) groups is 1. The van der Waals surface area contributed by atoms with Gasteiger partial charge in [0.2, 0.25) is 10.7 Å².